The molecule has 3 N–H and O–H groups in total. The summed E-state index contributed by atoms with van der Waals surface area (Å²) in [5.41, 5.74) is 5.31. The van der Waals surface area contributed by atoms with Gasteiger partial charge >= 0.3 is 6.09 Å². The lowest BCUT2D eigenvalue weighted by Crippen LogP contribution is -2.45. The maximum absolute atomic E-state index is 11.9. The van der Waals surface area contributed by atoms with Crippen molar-refractivity contribution in [1.82, 2.24) is 10.2 Å². The summed E-state index contributed by atoms with van der Waals surface area (Å²) in [5.74, 6) is 0.258. The highest BCUT2D eigenvalue weighted by molar-refractivity contribution is 5.81. The molecule has 1 saturated heterocycles. The Labute approximate surface area is 127 Å². The Morgan fingerprint density at radius 3 is 2.52 bits per heavy atom. The molecule has 2 atom stereocenters. The Kier molecular flexibility index (Phi) is 6.01. The molecule has 1 heterocycles. The van der Waals surface area contributed by atoms with E-state index in [1.165, 1.54) is 0 Å². The van der Waals surface area contributed by atoms with Gasteiger partial charge in [-0.15, -0.1) is 0 Å². The first-order chi connectivity index (χ1) is 9.60. The topological polar surface area (TPSA) is 84.7 Å². The van der Waals surface area contributed by atoms with E-state index in [4.69, 9.17) is 10.5 Å². The van der Waals surface area contributed by atoms with Gasteiger partial charge in [0, 0.05) is 19.6 Å². The van der Waals surface area contributed by atoms with Crippen LogP contribution in [0.5, 0.6) is 0 Å². The maximum atomic E-state index is 11.9. The van der Waals surface area contributed by atoms with Crippen molar-refractivity contribution >= 4 is 12.0 Å². The minimum absolute atomic E-state index is 0.117. The fraction of sp³-hybridized carbons (Fsp3) is 0.867. The Morgan fingerprint density at radius 2 is 2.00 bits per heavy atom. The molecule has 0 radical (unpaired) electrons. The maximum Gasteiger partial charge on any atom is 0.410 e. The molecule has 21 heavy (non-hydrogen) atoms. The summed E-state index contributed by atoms with van der Waals surface area (Å²) < 4.78 is 5.34. The number of hydrogen-bond acceptors (Lipinski definition) is 4. The van der Waals surface area contributed by atoms with Gasteiger partial charge in [-0.2, -0.15) is 0 Å². The van der Waals surface area contributed by atoms with Gasteiger partial charge in [-0.25, -0.2) is 4.79 Å². The van der Waals surface area contributed by atoms with Crippen LogP contribution in [0.4, 0.5) is 4.79 Å². The molecule has 0 bridgehead atoms. The SMILES string of the molecule is CC(C)[C@H](N)C(=O)NCC1CCN(C(=O)OC(C)(C)C)C1. The van der Waals surface area contributed by atoms with Gasteiger partial charge in [0.15, 0.2) is 0 Å². The van der Waals surface area contributed by atoms with Crippen LogP contribution >= 0.6 is 0 Å². The average Bonchev–Trinajstić information content (AvgIpc) is 2.81. The first-order valence-electron chi connectivity index (χ1n) is 7.61. The molecule has 0 aromatic rings. The van der Waals surface area contributed by atoms with Gasteiger partial charge in [-0.1, -0.05) is 13.8 Å². The first-order valence-corrected chi connectivity index (χ1v) is 7.61. The van der Waals surface area contributed by atoms with Crippen LogP contribution in [0.1, 0.15) is 41.0 Å². The Morgan fingerprint density at radius 1 is 1.38 bits per heavy atom. The summed E-state index contributed by atoms with van der Waals surface area (Å²) in [7, 11) is 0. The van der Waals surface area contributed by atoms with Crippen molar-refractivity contribution in [3.05, 3.63) is 0 Å². The second-order valence-corrected chi connectivity index (χ2v) is 7.10. The third kappa shape index (κ3) is 5.91. The number of carbonyl (C=O) groups is 2. The number of rotatable bonds is 4. The quantitative estimate of drug-likeness (QED) is 0.820. The zero-order valence-corrected chi connectivity index (χ0v) is 13.8. The van der Waals surface area contributed by atoms with Crippen LogP contribution in [0.15, 0.2) is 0 Å². The number of hydrogen-bond donors (Lipinski definition) is 2. The van der Waals surface area contributed by atoms with Crippen LogP contribution in [-0.2, 0) is 9.53 Å². The highest BCUT2D eigenvalue weighted by Crippen LogP contribution is 2.19. The molecule has 0 saturated carbocycles. The van der Waals surface area contributed by atoms with Gasteiger partial charge in [0.25, 0.3) is 0 Å². The minimum atomic E-state index is -0.479. The van der Waals surface area contributed by atoms with E-state index in [1.807, 2.05) is 34.6 Å². The largest absolute Gasteiger partial charge is 0.444 e. The van der Waals surface area contributed by atoms with Crippen molar-refractivity contribution in [3.8, 4) is 0 Å². The molecule has 6 heteroatoms. The fourth-order valence-corrected chi connectivity index (χ4v) is 2.16. The van der Waals surface area contributed by atoms with E-state index in [0.29, 0.717) is 19.6 Å². The van der Waals surface area contributed by atoms with Crippen LogP contribution in [0, 0.1) is 11.8 Å². The lowest BCUT2D eigenvalue weighted by molar-refractivity contribution is -0.123. The third-order valence-electron chi connectivity index (χ3n) is 3.52. The summed E-state index contributed by atoms with van der Waals surface area (Å²) >= 11 is 0. The van der Waals surface area contributed by atoms with Crippen molar-refractivity contribution in [2.75, 3.05) is 19.6 Å². The molecule has 1 unspecified atom stereocenters. The van der Waals surface area contributed by atoms with E-state index in [2.05, 4.69) is 5.32 Å². The van der Waals surface area contributed by atoms with E-state index in [-0.39, 0.29) is 23.8 Å². The van der Waals surface area contributed by atoms with Gasteiger partial charge in [0.05, 0.1) is 6.04 Å². The molecule has 0 aromatic heterocycles. The molecule has 2 amide bonds. The van der Waals surface area contributed by atoms with Crippen molar-refractivity contribution in [2.24, 2.45) is 17.6 Å². The summed E-state index contributed by atoms with van der Waals surface area (Å²) in [6, 6.07) is -0.478. The number of amides is 2. The minimum Gasteiger partial charge on any atom is -0.444 e. The van der Waals surface area contributed by atoms with Gasteiger partial charge in [0.1, 0.15) is 5.60 Å². The summed E-state index contributed by atoms with van der Waals surface area (Å²) in [4.78, 5) is 25.4. The first kappa shape index (κ1) is 17.8. The lowest BCUT2D eigenvalue weighted by Gasteiger charge is -2.24. The van der Waals surface area contributed by atoms with Gasteiger partial charge in [0.2, 0.25) is 5.91 Å². The average molecular weight is 299 g/mol. The van der Waals surface area contributed by atoms with Crippen molar-refractivity contribution < 1.29 is 14.3 Å². The molecule has 1 rings (SSSR count). The van der Waals surface area contributed by atoms with Crippen LogP contribution in [-0.4, -0.2) is 48.2 Å². The van der Waals surface area contributed by atoms with Gasteiger partial charge in [-0.3, -0.25) is 4.79 Å². The van der Waals surface area contributed by atoms with Crippen LogP contribution in [0.25, 0.3) is 0 Å². The van der Waals surface area contributed by atoms with Crippen molar-refractivity contribution in [2.45, 2.75) is 52.7 Å². The predicted octanol–water partition coefficient (Wildman–Crippen LogP) is 1.34. The van der Waals surface area contributed by atoms with Crippen LogP contribution in [0.2, 0.25) is 0 Å². The number of ether oxygens (including phenoxy) is 1. The van der Waals surface area contributed by atoms with E-state index in [1.54, 1.807) is 4.90 Å². The standard InChI is InChI=1S/C15H29N3O3/c1-10(2)12(16)13(19)17-8-11-6-7-18(9-11)14(20)21-15(3,4)5/h10-12H,6-9,16H2,1-5H3,(H,17,19)/t11?,12-/m0/s1. The highest BCUT2D eigenvalue weighted by atomic mass is 16.6. The monoisotopic (exact) mass is 299 g/mol. The summed E-state index contributed by atoms with van der Waals surface area (Å²) in [6.07, 6.45) is 0.589. The molecule has 1 aliphatic heterocycles. The third-order valence-corrected chi connectivity index (χ3v) is 3.52. The smallest absolute Gasteiger partial charge is 0.410 e. The molecule has 0 aromatic carbocycles. The number of carbonyl (C=O) groups excluding carboxylic acids is 2. The molecule has 1 fully saturated rings. The second kappa shape index (κ2) is 7.11. The Balaban J connectivity index is 2.35. The fourth-order valence-electron chi connectivity index (χ4n) is 2.16. The molecule has 1 aliphatic rings. The van der Waals surface area contributed by atoms with E-state index in [0.717, 1.165) is 6.42 Å². The molecule has 122 valence electrons. The number of nitrogens with zero attached hydrogens (tertiary/aromatic N) is 1. The van der Waals surface area contributed by atoms with Gasteiger partial charge in [-0.05, 0) is 39.0 Å². The summed E-state index contributed by atoms with van der Waals surface area (Å²) in [5, 5.41) is 2.87. The zero-order chi connectivity index (χ0) is 16.2. The van der Waals surface area contributed by atoms with Crippen LogP contribution < -0.4 is 11.1 Å². The number of nitrogens with two attached hydrogens (primary N) is 1. The molecule has 0 aliphatic carbocycles. The van der Waals surface area contributed by atoms with E-state index >= 15 is 0 Å². The summed E-state index contributed by atoms with van der Waals surface area (Å²) in [6.45, 7) is 11.2. The normalized spacial score (nSPS) is 20.5. The van der Waals surface area contributed by atoms with Crippen molar-refractivity contribution in [1.29, 1.82) is 0 Å². The molecule has 6 nitrogen and oxygen atoms in total. The van der Waals surface area contributed by atoms with E-state index < -0.39 is 11.6 Å². The van der Waals surface area contributed by atoms with Crippen LogP contribution in [0.3, 0.4) is 0 Å². The lowest BCUT2D eigenvalue weighted by atomic mass is 10.0. The van der Waals surface area contributed by atoms with Gasteiger partial charge < -0.3 is 20.7 Å². The molecular weight excluding hydrogens is 270 g/mol. The molecular formula is C15H29N3O3. The zero-order valence-electron chi connectivity index (χ0n) is 13.8. The second-order valence-electron chi connectivity index (χ2n) is 7.10. The number of nitrogens with one attached hydrogen (secondary N) is 1. The number of likely N-dealkylation sites (tertiary alicyclic amines) is 1. The molecule has 0 spiro atoms. The van der Waals surface area contributed by atoms with E-state index in [9.17, 15) is 9.59 Å². The predicted molar refractivity (Wildman–Crippen MR) is 81.7 cm³/mol. The Bertz CT molecular complexity index is 377. The highest BCUT2D eigenvalue weighted by Gasteiger charge is 2.30. The Hall–Kier alpha value is -1.30. The van der Waals surface area contributed by atoms with Crippen molar-refractivity contribution in [3.63, 3.8) is 0 Å².